The highest BCUT2D eigenvalue weighted by molar-refractivity contribution is 8.02. The summed E-state index contributed by atoms with van der Waals surface area (Å²) in [5, 5.41) is 1.95. The van der Waals surface area contributed by atoms with Crippen LogP contribution in [0.1, 0.15) is 18.1 Å². The summed E-state index contributed by atoms with van der Waals surface area (Å²) >= 11 is 1.47. The molecule has 0 aromatic heterocycles. The molecule has 3 aromatic rings. The highest BCUT2D eigenvalue weighted by Gasteiger charge is 2.08. The van der Waals surface area contributed by atoms with Crippen LogP contribution in [-0.2, 0) is 0 Å². The van der Waals surface area contributed by atoms with Gasteiger partial charge in [-0.1, -0.05) is 41.6 Å². The molecular formula is C23H19F2NS. The standard InChI is InChI=1S/C23H19F2NS/c1-16-6-10-21(11-7-16)26-23(18-4-3-5-20(25)14-18)17(2)15-27-22-12-8-19(24)9-13-22/h3-15H,1-2H3. The van der Waals surface area contributed by atoms with E-state index < -0.39 is 0 Å². The quantitative estimate of drug-likeness (QED) is 0.340. The van der Waals surface area contributed by atoms with E-state index in [0.29, 0.717) is 11.3 Å². The van der Waals surface area contributed by atoms with Crippen molar-refractivity contribution in [3.05, 3.63) is 107 Å². The minimum Gasteiger partial charge on any atom is -0.248 e. The Morgan fingerprint density at radius 3 is 2.26 bits per heavy atom. The van der Waals surface area contributed by atoms with Crippen molar-refractivity contribution in [2.45, 2.75) is 18.7 Å². The lowest BCUT2D eigenvalue weighted by atomic mass is 10.0. The van der Waals surface area contributed by atoms with E-state index in [2.05, 4.69) is 0 Å². The molecule has 0 fully saturated rings. The zero-order valence-corrected chi connectivity index (χ0v) is 15.9. The average molecular weight is 379 g/mol. The van der Waals surface area contributed by atoms with Crippen molar-refractivity contribution < 1.29 is 8.78 Å². The fourth-order valence-electron chi connectivity index (χ4n) is 2.49. The lowest BCUT2D eigenvalue weighted by molar-refractivity contribution is 0.626. The molecule has 27 heavy (non-hydrogen) atoms. The Bertz CT molecular complexity index is 974. The Balaban J connectivity index is 1.96. The van der Waals surface area contributed by atoms with Crippen LogP contribution >= 0.6 is 11.8 Å². The molecule has 0 heterocycles. The average Bonchev–Trinajstić information content (AvgIpc) is 2.67. The lowest BCUT2D eigenvalue weighted by Crippen LogP contribution is -2.03. The summed E-state index contributed by atoms with van der Waals surface area (Å²) in [7, 11) is 0. The highest BCUT2D eigenvalue weighted by Crippen LogP contribution is 2.24. The summed E-state index contributed by atoms with van der Waals surface area (Å²) < 4.78 is 26.8. The van der Waals surface area contributed by atoms with Crippen molar-refractivity contribution in [2.75, 3.05) is 0 Å². The normalized spacial score (nSPS) is 12.3. The molecule has 0 radical (unpaired) electrons. The van der Waals surface area contributed by atoms with Gasteiger partial charge in [-0.25, -0.2) is 13.8 Å². The van der Waals surface area contributed by atoms with Gasteiger partial charge in [0.2, 0.25) is 0 Å². The third kappa shape index (κ3) is 5.38. The smallest absolute Gasteiger partial charge is 0.123 e. The third-order valence-electron chi connectivity index (χ3n) is 3.93. The van der Waals surface area contributed by atoms with Crippen molar-refractivity contribution in [3.8, 4) is 0 Å². The SMILES string of the molecule is CC(=CSc1ccc(F)cc1)C(=Nc1ccc(C)cc1)c1cccc(F)c1. The summed E-state index contributed by atoms with van der Waals surface area (Å²) in [5.74, 6) is -0.565. The molecule has 3 rings (SSSR count). The van der Waals surface area contributed by atoms with Gasteiger partial charge in [-0.3, -0.25) is 0 Å². The Kier molecular flexibility index (Phi) is 6.20. The number of halogens is 2. The topological polar surface area (TPSA) is 12.4 Å². The largest absolute Gasteiger partial charge is 0.248 e. The number of benzene rings is 3. The first kappa shape index (κ1) is 19.1. The predicted octanol–water partition coefficient (Wildman–Crippen LogP) is 7.09. The van der Waals surface area contributed by atoms with Gasteiger partial charge in [0.25, 0.3) is 0 Å². The van der Waals surface area contributed by atoms with Gasteiger partial charge in [0.05, 0.1) is 11.4 Å². The van der Waals surface area contributed by atoms with E-state index in [1.165, 1.54) is 36.0 Å². The Morgan fingerprint density at radius 1 is 0.889 bits per heavy atom. The first-order valence-corrected chi connectivity index (χ1v) is 9.40. The van der Waals surface area contributed by atoms with Crippen LogP contribution in [-0.4, -0.2) is 5.71 Å². The van der Waals surface area contributed by atoms with Crippen LogP contribution in [0.5, 0.6) is 0 Å². The highest BCUT2D eigenvalue weighted by atomic mass is 32.2. The molecule has 0 aliphatic rings. The van der Waals surface area contributed by atoms with Crippen molar-refractivity contribution in [3.63, 3.8) is 0 Å². The van der Waals surface area contributed by atoms with Gasteiger partial charge >= 0.3 is 0 Å². The number of aliphatic imine (C=N–C) groups is 1. The second-order valence-electron chi connectivity index (χ2n) is 6.18. The third-order valence-corrected chi connectivity index (χ3v) is 4.95. The van der Waals surface area contributed by atoms with Gasteiger partial charge in [-0.05, 0) is 73.4 Å². The maximum Gasteiger partial charge on any atom is 0.123 e. The molecule has 0 atom stereocenters. The van der Waals surface area contributed by atoms with E-state index in [1.807, 2.05) is 49.6 Å². The number of thioether (sulfide) groups is 1. The van der Waals surface area contributed by atoms with E-state index in [0.717, 1.165) is 21.7 Å². The Hall–Kier alpha value is -2.72. The summed E-state index contributed by atoms with van der Waals surface area (Å²) in [6, 6.07) is 20.6. The fourth-order valence-corrected chi connectivity index (χ4v) is 3.21. The zero-order chi connectivity index (χ0) is 19.2. The Labute approximate surface area is 162 Å². The number of hydrogen-bond acceptors (Lipinski definition) is 2. The minimum atomic E-state index is -0.303. The molecule has 0 spiro atoms. The molecule has 3 aromatic carbocycles. The molecule has 0 aliphatic carbocycles. The van der Waals surface area contributed by atoms with Crippen LogP contribution in [0, 0.1) is 18.6 Å². The summed E-state index contributed by atoms with van der Waals surface area (Å²) in [5.41, 5.74) is 4.27. The van der Waals surface area contributed by atoms with E-state index in [-0.39, 0.29) is 11.6 Å². The number of nitrogens with zero attached hydrogens (tertiary/aromatic N) is 1. The second-order valence-corrected chi connectivity index (χ2v) is 7.12. The summed E-state index contributed by atoms with van der Waals surface area (Å²) in [6.07, 6.45) is 0. The van der Waals surface area contributed by atoms with Crippen molar-refractivity contribution in [2.24, 2.45) is 4.99 Å². The lowest BCUT2D eigenvalue weighted by Gasteiger charge is -2.09. The number of allylic oxidation sites excluding steroid dienone is 1. The van der Waals surface area contributed by atoms with Gasteiger partial charge in [0.15, 0.2) is 0 Å². The second kappa shape index (κ2) is 8.78. The van der Waals surface area contributed by atoms with E-state index in [9.17, 15) is 8.78 Å². The number of rotatable bonds is 5. The van der Waals surface area contributed by atoms with E-state index in [4.69, 9.17) is 4.99 Å². The van der Waals surface area contributed by atoms with Crippen LogP contribution in [0.2, 0.25) is 0 Å². The first-order chi connectivity index (χ1) is 13.0. The summed E-state index contributed by atoms with van der Waals surface area (Å²) in [4.78, 5) is 5.67. The van der Waals surface area contributed by atoms with Crippen molar-refractivity contribution >= 4 is 23.2 Å². The van der Waals surface area contributed by atoms with Gasteiger partial charge in [-0.15, -0.1) is 0 Å². The molecule has 4 heteroatoms. The number of hydrogen-bond donors (Lipinski definition) is 0. The van der Waals surface area contributed by atoms with Crippen LogP contribution in [0.4, 0.5) is 14.5 Å². The van der Waals surface area contributed by atoms with Crippen molar-refractivity contribution in [1.29, 1.82) is 0 Å². The fraction of sp³-hybridized carbons (Fsp3) is 0.0870. The minimum absolute atomic E-state index is 0.263. The molecule has 136 valence electrons. The monoisotopic (exact) mass is 379 g/mol. The van der Waals surface area contributed by atoms with Gasteiger partial charge in [-0.2, -0.15) is 0 Å². The first-order valence-electron chi connectivity index (χ1n) is 8.52. The molecular weight excluding hydrogens is 360 g/mol. The molecule has 0 saturated heterocycles. The molecule has 0 aliphatic heterocycles. The van der Waals surface area contributed by atoms with Gasteiger partial charge in [0, 0.05) is 10.5 Å². The molecule has 1 nitrogen and oxygen atoms in total. The van der Waals surface area contributed by atoms with E-state index >= 15 is 0 Å². The molecule has 0 bridgehead atoms. The predicted molar refractivity (Wildman–Crippen MR) is 110 cm³/mol. The maximum absolute atomic E-state index is 13.8. The van der Waals surface area contributed by atoms with Crippen LogP contribution in [0.15, 0.2) is 93.7 Å². The molecule has 0 N–H and O–H groups in total. The number of aryl methyl sites for hydroxylation is 1. The van der Waals surface area contributed by atoms with Crippen LogP contribution in [0.25, 0.3) is 0 Å². The Morgan fingerprint density at radius 2 is 1.59 bits per heavy atom. The zero-order valence-electron chi connectivity index (χ0n) is 15.1. The molecule has 0 saturated carbocycles. The molecule has 0 amide bonds. The van der Waals surface area contributed by atoms with Crippen LogP contribution < -0.4 is 0 Å². The van der Waals surface area contributed by atoms with Crippen molar-refractivity contribution in [1.82, 2.24) is 0 Å². The van der Waals surface area contributed by atoms with Gasteiger partial charge in [0.1, 0.15) is 11.6 Å². The summed E-state index contributed by atoms with van der Waals surface area (Å²) in [6.45, 7) is 3.96. The molecule has 0 unspecified atom stereocenters. The maximum atomic E-state index is 13.8. The van der Waals surface area contributed by atoms with Gasteiger partial charge < -0.3 is 0 Å². The van der Waals surface area contributed by atoms with E-state index in [1.54, 1.807) is 18.2 Å². The van der Waals surface area contributed by atoms with Crippen LogP contribution in [0.3, 0.4) is 0 Å².